The zero-order valence-corrected chi connectivity index (χ0v) is 7.53. The number of aliphatic carboxylic acids is 1. The minimum atomic E-state index is -3.68. The van der Waals surface area contributed by atoms with Crippen molar-refractivity contribution in [3.8, 4) is 0 Å². The molecule has 0 saturated heterocycles. The normalized spacial score (nSPS) is 14.3. The van der Waals surface area contributed by atoms with Crippen LogP contribution in [0, 0.1) is 0 Å². The van der Waals surface area contributed by atoms with Gasteiger partial charge in [0, 0.05) is 0 Å². The number of hydrogen-bond acceptors (Lipinski definition) is 2. The predicted octanol–water partition coefficient (Wildman–Crippen LogP) is 2.10. The van der Waals surface area contributed by atoms with Gasteiger partial charge in [0.25, 0.3) is 0 Å². The number of alkyl halides is 2. The van der Waals surface area contributed by atoms with Gasteiger partial charge in [-0.15, -0.1) is 0 Å². The van der Waals surface area contributed by atoms with Crippen LogP contribution < -0.4 is 5.12 Å². The van der Waals surface area contributed by atoms with Crippen molar-refractivity contribution >= 4 is 11.7 Å². The van der Waals surface area contributed by atoms with Crippen molar-refractivity contribution in [2.75, 3.05) is 11.8 Å². The number of carboxylic acids is 1. The Hall–Kier alpha value is -1.72. The largest absolute Gasteiger partial charge is 0.477 e. The van der Waals surface area contributed by atoms with Crippen molar-refractivity contribution < 1.29 is 23.2 Å². The SMILES string of the molecule is O=C(O)[C@](F)(CF)N(F)c1ccccc1. The van der Waals surface area contributed by atoms with Crippen molar-refractivity contribution in [1.82, 2.24) is 0 Å². The molecule has 1 rings (SSSR count). The molecule has 1 N–H and O–H groups in total. The lowest BCUT2D eigenvalue weighted by molar-refractivity contribution is -0.154. The van der Waals surface area contributed by atoms with Crippen LogP contribution in [0.2, 0.25) is 0 Å². The van der Waals surface area contributed by atoms with Crippen LogP contribution in [0.25, 0.3) is 0 Å². The molecule has 0 bridgehead atoms. The number of carbonyl (C=O) groups is 1. The van der Waals surface area contributed by atoms with Gasteiger partial charge in [-0.3, -0.25) is 0 Å². The van der Waals surface area contributed by atoms with Gasteiger partial charge < -0.3 is 5.11 Å². The lowest BCUT2D eigenvalue weighted by atomic mass is 10.2. The summed E-state index contributed by atoms with van der Waals surface area (Å²) in [5.41, 5.74) is -0.361. The Bertz CT molecular complexity index is 346. The van der Waals surface area contributed by atoms with Gasteiger partial charge in [0.1, 0.15) is 0 Å². The first-order valence-corrected chi connectivity index (χ1v) is 4.01. The molecule has 1 atom stereocenters. The number of rotatable bonds is 4. The number of anilines is 1. The Labute approximate surface area is 83.7 Å². The van der Waals surface area contributed by atoms with Gasteiger partial charge in [-0.2, -0.15) is 5.12 Å². The van der Waals surface area contributed by atoms with Gasteiger partial charge in [0.15, 0.2) is 6.67 Å². The summed E-state index contributed by atoms with van der Waals surface area (Å²) in [6.45, 7) is -1.98. The Morgan fingerprint density at radius 2 is 1.93 bits per heavy atom. The quantitative estimate of drug-likeness (QED) is 0.622. The van der Waals surface area contributed by atoms with E-state index in [0.717, 1.165) is 12.1 Å². The molecule has 0 unspecified atom stereocenters. The molecule has 6 heteroatoms. The highest BCUT2D eigenvalue weighted by molar-refractivity contribution is 5.81. The molecule has 15 heavy (non-hydrogen) atoms. The second kappa shape index (κ2) is 4.20. The molecule has 82 valence electrons. The maximum Gasteiger partial charge on any atom is 0.368 e. The van der Waals surface area contributed by atoms with Crippen LogP contribution >= 0.6 is 0 Å². The summed E-state index contributed by atoms with van der Waals surface area (Å²) in [5.74, 6) is -5.89. The highest BCUT2D eigenvalue weighted by Crippen LogP contribution is 2.26. The van der Waals surface area contributed by atoms with E-state index in [2.05, 4.69) is 0 Å². The molecular weight excluding hydrogens is 211 g/mol. The van der Waals surface area contributed by atoms with Crippen molar-refractivity contribution in [3.63, 3.8) is 0 Å². The number of hydrogen-bond donors (Lipinski definition) is 1. The smallest absolute Gasteiger partial charge is 0.368 e. The van der Waals surface area contributed by atoms with Gasteiger partial charge in [0.2, 0.25) is 0 Å². The summed E-state index contributed by atoms with van der Waals surface area (Å²) in [5, 5.41) is 7.63. The van der Waals surface area contributed by atoms with Gasteiger partial charge in [-0.1, -0.05) is 22.7 Å². The van der Waals surface area contributed by atoms with E-state index in [1.165, 1.54) is 18.2 Å². The molecule has 0 aliphatic rings. The second-order valence-corrected chi connectivity index (χ2v) is 2.81. The van der Waals surface area contributed by atoms with E-state index in [4.69, 9.17) is 5.11 Å². The van der Waals surface area contributed by atoms with E-state index in [1.54, 1.807) is 0 Å². The molecule has 0 heterocycles. The van der Waals surface area contributed by atoms with Crippen molar-refractivity contribution in [2.45, 2.75) is 5.79 Å². The molecule has 0 fully saturated rings. The first-order valence-electron chi connectivity index (χ1n) is 4.01. The Morgan fingerprint density at radius 3 is 2.33 bits per heavy atom. The van der Waals surface area contributed by atoms with Crippen LogP contribution in [-0.4, -0.2) is 23.5 Å². The highest BCUT2D eigenvalue weighted by Gasteiger charge is 2.47. The third-order valence-electron chi connectivity index (χ3n) is 1.80. The molecular formula is C9H8F3NO2. The lowest BCUT2D eigenvalue weighted by Crippen LogP contribution is -2.49. The van der Waals surface area contributed by atoms with Crippen LogP contribution in [0.15, 0.2) is 30.3 Å². The zero-order valence-electron chi connectivity index (χ0n) is 7.53. The van der Waals surface area contributed by atoms with Crippen LogP contribution in [0.5, 0.6) is 0 Å². The molecule has 0 saturated carbocycles. The fraction of sp³-hybridized carbons (Fsp3) is 0.222. The molecule has 1 aromatic rings. The number of benzene rings is 1. The first kappa shape index (κ1) is 11.4. The minimum absolute atomic E-state index is 0.361. The highest BCUT2D eigenvalue weighted by atomic mass is 19.2. The molecule has 1 aromatic carbocycles. The van der Waals surface area contributed by atoms with Crippen molar-refractivity contribution in [3.05, 3.63) is 30.3 Å². The molecule has 3 nitrogen and oxygen atoms in total. The molecule has 0 amide bonds. The number of para-hydroxylation sites is 1. The van der Waals surface area contributed by atoms with Gasteiger partial charge in [-0.25, -0.2) is 13.6 Å². The average Bonchev–Trinajstić information content (AvgIpc) is 2.28. The van der Waals surface area contributed by atoms with Crippen LogP contribution in [0.4, 0.5) is 18.9 Å². The summed E-state index contributed by atoms with van der Waals surface area (Å²) in [7, 11) is 0. The molecule has 0 aliphatic heterocycles. The van der Waals surface area contributed by atoms with Crippen LogP contribution in [-0.2, 0) is 4.79 Å². The molecule has 0 radical (unpaired) electrons. The van der Waals surface area contributed by atoms with E-state index in [-0.39, 0.29) is 5.69 Å². The van der Waals surface area contributed by atoms with Gasteiger partial charge >= 0.3 is 11.8 Å². The zero-order chi connectivity index (χ0) is 11.5. The summed E-state index contributed by atoms with van der Waals surface area (Å²) in [6, 6.07) is 6.55. The monoisotopic (exact) mass is 219 g/mol. The van der Waals surface area contributed by atoms with E-state index in [1.807, 2.05) is 0 Å². The van der Waals surface area contributed by atoms with Gasteiger partial charge in [0.05, 0.1) is 5.69 Å². The van der Waals surface area contributed by atoms with Crippen molar-refractivity contribution in [2.24, 2.45) is 0 Å². The number of nitrogens with zero attached hydrogens (tertiary/aromatic N) is 1. The topological polar surface area (TPSA) is 40.5 Å². The van der Waals surface area contributed by atoms with Crippen molar-refractivity contribution in [1.29, 1.82) is 0 Å². The maximum atomic E-state index is 13.3. The molecule has 0 aliphatic carbocycles. The van der Waals surface area contributed by atoms with Gasteiger partial charge in [-0.05, 0) is 12.1 Å². The average molecular weight is 219 g/mol. The summed E-state index contributed by atoms with van der Waals surface area (Å²) in [6.07, 6.45) is 0. The third-order valence-corrected chi connectivity index (χ3v) is 1.80. The standard InChI is InChI=1S/C9H8F3NO2/c10-6-9(11,8(14)15)13(12)7-4-2-1-3-5-7/h1-5H,6H2,(H,14,15)/t9-/m0/s1. The first-order chi connectivity index (χ1) is 7.02. The second-order valence-electron chi connectivity index (χ2n) is 2.81. The van der Waals surface area contributed by atoms with Crippen LogP contribution in [0.1, 0.15) is 0 Å². The Morgan fingerprint density at radius 1 is 1.40 bits per heavy atom. The van der Waals surface area contributed by atoms with E-state index in [9.17, 15) is 18.1 Å². The molecule has 0 aromatic heterocycles. The minimum Gasteiger partial charge on any atom is -0.477 e. The summed E-state index contributed by atoms with van der Waals surface area (Å²) >= 11 is 0. The number of halogens is 3. The lowest BCUT2D eigenvalue weighted by Gasteiger charge is -2.25. The van der Waals surface area contributed by atoms with E-state index >= 15 is 0 Å². The molecule has 0 spiro atoms. The van der Waals surface area contributed by atoms with E-state index in [0.29, 0.717) is 0 Å². The third kappa shape index (κ3) is 2.03. The van der Waals surface area contributed by atoms with E-state index < -0.39 is 23.6 Å². The predicted molar refractivity (Wildman–Crippen MR) is 47.5 cm³/mol. The summed E-state index contributed by atoms with van der Waals surface area (Å²) < 4.78 is 38.8. The maximum absolute atomic E-state index is 13.3. The Balaban J connectivity index is 3.02. The summed E-state index contributed by atoms with van der Waals surface area (Å²) in [4.78, 5) is 10.4. The number of carboxylic acid groups (broad SMARTS) is 1. The fourth-order valence-electron chi connectivity index (χ4n) is 0.957. The Kier molecular flexibility index (Phi) is 3.18. The van der Waals surface area contributed by atoms with Crippen LogP contribution in [0.3, 0.4) is 0 Å². The fourth-order valence-corrected chi connectivity index (χ4v) is 0.957.